The van der Waals surface area contributed by atoms with Crippen LogP contribution in [0.5, 0.6) is 0 Å². The fraction of sp³-hybridized carbons (Fsp3) is 0.714. The third kappa shape index (κ3) is 2.69. The molecule has 2 aromatic rings. The first-order valence-electron chi connectivity index (χ1n) is 7.07. The Kier molecular flexibility index (Phi) is 4.39. The van der Waals surface area contributed by atoms with Gasteiger partial charge in [0.15, 0.2) is 5.65 Å². The smallest absolute Gasteiger partial charge is 0.158 e. The first-order valence-corrected chi connectivity index (χ1v) is 7.50. The average molecular weight is 298 g/mol. The summed E-state index contributed by atoms with van der Waals surface area (Å²) in [5.41, 5.74) is 2.97. The molecule has 0 radical (unpaired) electrons. The van der Waals surface area contributed by atoms with Crippen LogP contribution in [0.3, 0.4) is 0 Å². The maximum absolute atomic E-state index is 6.29. The minimum Gasteiger partial charge on any atom is -0.310 e. The SMILES string of the molecule is Cc1nn(C)c2c1nc(C(C)Cl)n2CCN(C)C(C)C. The monoisotopic (exact) mass is 297 g/mol. The highest BCUT2D eigenvalue weighted by Gasteiger charge is 2.20. The molecule has 1 unspecified atom stereocenters. The maximum atomic E-state index is 6.29. The first kappa shape index (κ1) is 15.3. The number of rotatable bonds is 5. The Morgan fingerprint density at radius 1 is 1.30 bits per heavy atom. The van der Waals surface area contributed by atoms with Gasteiger partial charge in [0.1, 0.15) is 11.3 Å². The number of aryl methyl sites for hydroxylation is 2. The maximum Gasteiger partial charge on any atom is 0.158 e. The van der Waals surface area contributed by atoms with Gasteiger partial charge in [-0.1, -0.05) is 0 Å². The van der Waals surface area contributed by atoms with Gasteiger partial charge >= 0.3 is 0 Å². The highest BCUT2D eigenvalue weighted by atomic mass is 35.5. The van der Waals surface area contributed by atoms with E-state index in [0.29, 0.717) is 6.04 Å². The fourth-order valence-corrected chi connectivity index (χ4v) is 2.56. The van der Waals surface area contributed by atoms with Crippen molar-refractivity contribution in [2.45, 2.75) is 45.7 Å². The summed E-state index contributed by atoms with van der Waals surface area (Å²) in [6.45, 7) is 10.2. The summed E-state index contributed by atoms with van der Waals surface area (Å²) in [6, 6.07) is 0.527. The molecule has 0 aromatic carbocycles. The van der Waals surface area contributed by atoms with Crippen LogP contribution in [-0.4, -0.2) is 43.9 Å². The molecule has 1 atom stereocenters. The molecule has 0 aliphatic rings. The van der Waals surface area contributed by atoms with E-state index < -0.39 is 0 Å². The van der Waals surface area contributed by atoms with Gasteiger partial charge < -0.3 is 9.47 Å². The molecule has 0 fully saturated rings. The van der Waals surface area contributed by atoms with Crippen molar-refractivity contribution in [3.63, 3.8) is 0 Å². The van der Waals surface area contributed by atoms with Crippen LogP contribution in [0.2, 0.25) is 0 Å². The highest BCUT2D eigenvalue weighted by Crippen LogP contribution is 2.26. The van der Waals surface area contributed by atoms with E-state index in [4.69, 9.17) is 11.6 Å². The zero-order valence-corrected chi connectivity index (χ0v) is 13.9. The fourth-order valence-electron chi connectivity index (χ4n) is 2.39. The van der Waals surface area contributed by atoms with Crippen molar-refractivity contribution in [2.75, 3.05) is 13.6 Å². The number of hydrogen-bond donors (Lipinski definition) is 0. The van der Waals surface area contributed by atoms with Crippen LogP contribution in [0.1, 0.15) is 37.7 Å². The molecule has 2 heterocycles. The normalized spacial score (nSPS) is 13.8. The van der Waals surface area contributed by atoms with Gasteiger partial charge in [0.2, 0.25) is 0 Å². The second-order valence-corrected chi connectivity index (χ2v) is 6.35. The van der Waals surface area contributed by atoms with E-state index in [1.807, 2.05) is 25.6 Å². The summed E-state index contributed by atoms with van der Waals surface area (Å²) in [7, 11) is 4.10. The van der Waals surface area contributed by atoms with E-state index in [1.54, 1.807) is 0 Å². The van der Waals surface area contributed by atoms with E-state index in [0.717, 1.165) is 35.8 Å². The van der Waals surface area contributed by atoms with E-state index in [2.05, 4.69) is 40.4 Å². The van der Waals surface area contributed by atoms with Gasteiger partial charge in [-0.2, -0.15) is 5.10 Å². The van der Waals surface area contributed by atoms with Crippen molar-refractivity contribution >= 4 is 22.8 Å². The number of alkyl halides is 1. The second-order valence-electron chi connectivity index (χ2n) is 5.69. The lowest BCUT2D eigenvalue weighted by Crippen LogP contribution is -2.30. The Labute approximate surface area is 125 Å². The van der Waals surface area contributed by atoms with Crippen LogP contribution in [0, 0.1) is 6.92 Å². The Morgan fingerprint density at radius 2 is 1.95 bits per heavy atom. The third-order valence-corrected chi connectivity index (χ3v) is 4.03. The number of hydrogen-bond acceptors (Lipinski definition) is 3. The van der Waals surface area contributed by atoms with Gasteiger partial charge in [0, 0.05) is 26.2 Å². The molecule has 0 amide bonds. The molecule has 2 aromatic heterocycles. The molecule has 20 heavy (non-hydrogen) atoms. The van der Waals surface area contributed by atoms with Crippen LogP contribution in [-0.2, 0) is 13.6 Å². The minimum atomic E-state index is -0.105. The van der Waals surface area contributed by atoms with Crippen molar-refractivity contribution in [1.29, 1.82) is 0 Å². The van der Waals surface area contributed by atoms with Gasteiger partial charge in [0.05, 0.1) is 11.1 Å². The van der Waals surface area contributed by atoms with E-state index in [-0.39, 0.29) is 5.38 Å². The minimum absolute atomic E-state index is 0.105. The molecule has 0 aliphatic carbocycles. The van der Waals surface area contributed by atoms with Crippen molar-refractivity contribution in [2.24, 2.45) is 7.05 Å². The van der Waals surface area contributed by atoms with E-state index >= 15 is 0 Å². The molecular formula is C14H24ClN5. The number of imidazole rings is 1. The predicted molar refractivity (Wildman–Crippen MR) is 83.3 cm³/mol. The Bertz CT molecular complexity index is 596. The van der Waals surface area contributed by atoms with Gasteiger partial charge in [0.25, 0.3) is 0 Å². The molecular weight excluding hydrogens is 274 g/mol. The number of nitrogens with zero attached hydrogens (tertiary/aromatic N) is 5. The Morgan fingerprint density at radius 3 is 2.50 bits per heavy atom. The zero-order chi connectivity index (χ0) is 15.0. The summed E-state index contributed by atoms with van der Waals surface area (Å²) in [5, 5.41) is 4.34. The predicted octanol–water partition coefficient (Wildman–Crippen LogP) is 2.72. The van der Waals surface area contributed by atoms with Crippen LogP contribution in [0.25, 0.3) is 11.2 Å². The first-order chi connectivity index (χ1) is 9.32. The van der Waals surface area contributed by atoms with E-state index in [9.17, 15) is 0 Å². The van der Waals surface area contributed by atoms with Crippen molar-refractivity contribution in [3.8, 4) is 0 Å². The number of likely N-dealkylation sites (N-methyl/N-ethyl adjacent to an activating group) is 1. The van der Waals surface area contributed by atoms with Crippen LogP contribution in [0.4, 0.5) is 0 Å². The Balaban J connectivity index is 2.41. The van der Waals surface area contributed by atoms with Crippen LogP contribution >= 0.6 is 11.6 Å². The number of halogens is 1. The molecule has 2 rings (SSSR count). The van der Waals surface area contributed by atoms with Crippen LogP contribution in [0.15, 0.2) is 0 Å². The quantitative estimate of drug-likeness (QED) is 0.797. The second kappa shape index (κ2) is 5.74. The molecule has 0 bridgehead atoms. The van der Waals surface area contributed by atoms with Crippen molar-refractivity contribution in [3.05, 3.63) is 11.5 Å². The molecule has 6 heteroatoms. The Hall–Kier alpha value is -1.07. The number of fused-ring (bicyclic) bond motifs is 1. The molecule has 0 spiro atoms. The van der Waals surface area contributed by atoms with Gasteiger partial charge in [-0.05, 0) is 34.7 Å². The lowest BCUT2D eigenvalue weighted by Gasteiger charge is -2.22. The molecule has 0 aliphatic heterocycles. The van der Waals surface area contributed by atoms with Gasteiger partial charge in [-0.15, -0.1) is 11.6 Å². The standard InChI is InChI=1S/C14H24ClN5/c1-9(2)18(5)7-8-20-13(10(3)15)16-12-11(4)17-19(6)14(12)20/h9-10H,7-8H2,1-6H3. The van der Waals surface area contributed by atoms with Gasteiger partial charge in [-0.3, -0.25) is 4.68 Å². The summed E-state index contributed by atoms with van der Waals surface area (Å²) in [4.78, 5) is 7.00. The summed E-state index contributed by atoms with van der Waals surface area (Å²) >= 11 is 6.29. The summed E-state index contributed by atoms with van der Waals surface area (Å²) in [5.74, 6) is 0.926. The number of aromatic nitrogens is 4. The molecule has 112 valence electrons. The third-order valence-electron chi connectivity index (χ3n) is 3.83. The van der Waals surface area contributed by atoms with Gasteiger partial charge in [-0.25, -0.2) is 4.98 Å². The molecule has 0 saturated carbocycles. The average Bonchev–Trinajstić information content (AvgIpc) is 2.86. The molecule has 0 saturated heterocycles. The van der Waals surface area contributed by atoms with E-state index in [1.165, 1.54) is 0 Å². The van der Waals surface area contributed by atoms with Crippen LogP contribution < -0.4 is 0 Å². The summed E-state index contributed by atoms with van der Waals surface area (Å²) < 4.78 is 4.10. The molecule has 5 nitrogen and oxygen atoms in total. The zero-order valence-electron chi connectivity index (χ0n) is 13.2. The van der Waals surface area contributed by atoms with Crippen molar-refractivity contribution in [1.82, 2.24) is 24.2 Å². The lowest BCUT2D eigenvalue weighted by molar-refractivity contribution is 0.262. The molecule has 0 N–H and O–H groups in total. The largest absolute Gasteiger partial charge is 0.310 e. The summed E-state index contributed by atoms with van der Waals surface area (Å²) in [6.07, 6.45) is 0. The lowest BCUT2D eigenvalue weighted by atomic mass is 10.3. The highest BCUT2D eigenvalue weighted by molar-refractivity contribution is 6.20. The van der Waals surface area contributed by atoms with Crippen molar-refractivity contribution < 1.29 is 0 Å². The topological polar surface area (TPSA) is 38.9 Å².